The molecule has 0 unspecified atom stereocenters. The minimum atomic E-state index is -0.544. The van der Waals surface area contributed by atoms with Crippen molar-refractivity contribution in [3.8, 4) is 0 Å². The van der Waals surface area contributed by atoms with Crippen molar-refractivity contribution >= 4 is 17.7 Å². The molecule has 2 aromatic rings. The first kappa shape index (κ1) is 14.5. The van der Waals surface area contributed by atoms with Gasteiger partial charge in [-0.3, -0.25) is 10.1 Å². The molecule has 106 valence electrons. The fourth-order valence-electron chi connectivity index (χ4n) is 1.74. The zero-order chi connectivity index (χ0) is 15.1. The summed E-state index contributed by atoms with van der Waals surface area (Å²) in [5.41, 5.74) is 1.18. The Morgan fingerprint density at radius 3 is 2.48 bits per heavy atom. The Bertz CT molecular complexity index is 665. The summed E-state index contributed by atoms with van der Waals surface area (Å²) < 4.78 is 5.01. The normalized spacial score (nSPS) is 10.5. The van der Waals surface area contributed by atoms with Gasteiger partial charge >= 0.3 is 5.97 Å². The van der Waals surface area contributed by atoms with Gasteiger partial charge < -0.3 is 4.74 Å². The maximum absolute atomic E-state index is 11.6. The Balaban J connectivity index is 1.96. The molecule has 2 rings (SSSR count). The molecular weight excluding hydrogens is 270 g/mol. The molecule has 0 aliphatic heterocycles. The molecule has 2 aromatic carbocycles. The number of benzene rings is 2. The van der Waals surface area contributed by atoms with Crippen LogP contribution in [0.5, 0.6) is 0 Å². The summed E-state index contributed by atoms with van der Waals surface area (Å²) in [6.07, 6.45) is 2.92. The summed E-state index contributed by atoms with van der Waals surface area (Å²) in [7, 11) is 0. The van der Waals surface area contributed by atoms with Gasteiger partial charge in [0.1, 0.15) is 6.61 Å². The number of carbonyl (C=O) groups excluding carboxylic acids is 1. The number of carbonyl (C=O) groups is 1. The fourth-order valence-corrected chi connectivity index (χ4v) is 1.74. The molecule has 0 saturated carbocycles. The average molecular weight is 283 g/mol. The predicted octanol–water partition coefficient (Wildman–Crippen LogP) is 3.35. The van der Waals surface area contributed by atoms with Gasteiger partial charge in [-0.1, -0.05) is 42.5 Å². The van der Waals surface area contributed by atoms with Crippen LogP contribution in [0.3, 0.4) is 0 Å². The molecule has 0 saturated heterocycles. The smallest absolute Gasteiger partial charge is 0.331 e. The third kappa shape index (κ3) is 4.28. The summed E-state index contributed by atoms with van der Waals surface area (Å²) >= 11 is 0. The molecule has 0 aliphatic rings. The van der Waals surface area contributed by atoms with Gasteiger partial charge in [-0.2, -0.15) is 0 Å². The second-order valence-corrected chi connectivity index (χ2v) is 4.24. The number of nitrogens with zero attached hydrogens (tertiary/aromatic N) is 1. The first-order valence-electron chi connectivity index (χ1n) is 6.29. The molecule has 0 aromatic heterocycles. The Kier molecular flexibility index (Phi) is 4.82. The number of nitro benzene ring substituents is 1. The van der Waals surface area contributed by atoms with Crippen molar-refractivity contribution in [3.05, 3.63) is 81.9 Å². The van der Waals surface area contributed by atoms with Crippen molar-refractivity contribution < 1.29 is 14.5 Å². The lowest BCUT2D eigenvalue weighted by molar-refractivity contribution is -0.385. The number of esters is 1. The summed E-state index contributed by atoms with van der Waals surface area (Å²) in [6.45, 7) is -0.130. The quantitative estimate of drug-likeness (QED) is 0.365. The van der Waals surface area contributed by atoms with Crippen LogP contribution in [0.15, 0.2) is 60.7 Å². The minimum absolute atomic E-state index is 0.0580. The molecule has 5 nitrogen and oxygen atoms in total. The molecular formula is C16H13NO4. The van der Waals surface area contributed by atoms with Crippen LogP contribution in [-0.4, -0.2) is 10.9 Å². The lowest BCUT2D eigenvalue weighted by Gasteiger charge is -2.03. The van der Waals surface area contributed by atoms with Crippen molar-refractivity contribution in [2.75, 3.05) is 0 Å². The summed E-state index contributed by atoms with van der Waals surface area (Å²) in [5, 5.41) is 10.8. The standard InChI is InChI=1S/C16H13NO4/c18-16(11-10-13-6-2-1-3-7-13)21-12-14-8-4-5-9-15(14)17(19)20/h1-11H,12H2/b11-10+. The second kappa shape index (κ2) is 7.00. The summed E-state index contributed by atoms with van der Waals surface area (Å²) in [4.78, 5) is 21.9. The van der Waals surface area contributed by atoms with Gasteiger partial charge in [-0.05, 0) is 17.7 Å². The van der Waals surface area contributed by atoms with Gasteiger partial charge in [0.15, 0.2) is 0 Å². The summed E-state index contributed by atoms with van der Waals surface area (Å²) in [6, 6.07) is 15.5. The van der Waals surface area contributed by atoms with Crippen molar-refractivity contribution in [3.63, 3.8) is 0 Å². The van der Waals surface area contributed by atoms with Gasteiger partial charge in [0.25, 0.3) is 5.69 Å². The zero-order valence-electron chi connectivity index (χ0n) is 11.1. The molecule has 21 heavy (non-hydrogen) atoms. The van der Waals surface area contributed by atoms with E-state index < -0.39 is 10.9 Å². The van der Waals surface area contributed by atoms with Crippen LogP contribution in [0.25, 0.3) is 6.08 Å². The molecule has 0 aliphatic carbocycles. The molecule has 0 bridgehead atoms. The Hall–Kier alpha value is -2.95. The first-order valence-corrected chi connectivity index (χ1v) is 6.29. The number of para-hydroxylation sites is 1. The maximum Gasteiger partial charge on any atom is 0.331 e. The molecule has 0 N–H and O–H groups in total. The van der Waals surface area contributed by atoms with Crippen molar-refractivity contribution in [1.29, 1.82) is 0 Å². The van der Waals surface area contributed by atoms with E-state index in [1.165, 1.54) is 12.1 Å². The second-order valence-electron chi connectivity index (χ2n) is 4.24. The fraction of sp³-hybridized carbons (Fsp3) is 0.0625. The molecule has 0 radical (unpaired) electrons. The highest BCUT2D eigenvalue weighted by Crippen LogP contribution is 2.18. The molecule has 0 fully saturated rings. The highest BCUT2D eigenvalue weighted by Gasteiger charge is 2.13. The summed E-state index contributed by atoms with van der Waals surface area (Å²) in [5.74, 6) is -0.544. The van der Waals surface area contributed by atoms with Crippen molar-refractivity contribution in [1.82, 2.24) is 0 Å². The Morgan fingerprint density at radius 2 is 1.76 bits per heavy atom. The van der Waals surface area contributed by atoms with E-state index in [9.17, 15) is 14.9 Å². The zero-order valence-corrected chi connectivity index (χ0v) is 11.1. The predicted molar refractivity (Wildman–Crippen MR) is 78.4 cm³/mol. The van der Waals surface area contributed by atoms with Crippen molar-refractivity contribution in [2.45, 2.75) is 6.61 Å². The Morgan fingerprint density at radius 1 is 1.10 bits per heavy atom. The topological polar surface area (TPSA) is 69.4 Å². The number of rotatable bonds is 5. The van der Waals surface area contributed by atoms with Gasteiger partial charge in [0.05, 0.1) is 10.5 Å². The van der Waals surface area contributed by atoms with E-state index in [4.69, 9.17) is 4.74 Å². The van der Waals surface area contributed by atoms with E-state index in [1.807, 2.05) is 30.3 Å². The van der Waals surface area contributed by atoms with E-state index in [1.54, 1.807) is 24.3 Å². The van der Waals surface area contributed by atoms with Gasteiger partial charge in [-0.25, -0.2) is 4.79 Å². The molecule has 0 atom stereocenters. The third-order valence-electron chi connectivity index (χ3n) is 2.77. The lowest BCUT2D eigenvalue weighted by atomic mass is 10.2. The van der Waals surface area contributed by atoms with E-state index in [-0.39, 0.29) is 12.3 Å². The van der Waals surface area contributed by atoms with Crippen LogP contribution in [0.2, 0.25) is 0 Å². The van der Waals surface area contributed by atoms with Crippen LogP contribution in [0.4, 0.5) is 5.69 Å². The largest absolute Gasteiger partial charge is 0.457 e. The van der Waals surface area contributed by atoms with E-state index in [0.29, 0.717) is 5.56 Å². The molecule has 0 spiro atoms. The highest BCUT2D eigenvalue weighted by molar-refractivity contribution is 5.87. The number of hydrogen-bond donors (Lipinski definition) is 0. The number of hydrogen-bond acceptors (Lipinski definition) is 4. The molecule has 5 heteroatoms. The van der Waals surface area contributed by atoms with Crippen LogP contribution < -0.4 is 0 Å². The maximum atomic E-state index is 11.6. The van der Waals surface area contributed by atoms with Crippen LogP contribution in [0, 0.1) is 10.1 Å². The van der Waals surface area contributed by atoms with Crippen LogP contribution >= 0.6 is 0 Å². The van der Waals surface area contributed by atoms with E-state index >= 15 is 0 Å². The van der Waals surface area contributed by atoms with Gasteiger partial charge in [0.2, 0.25) is 0 Å². The van der Waals surface area contributed by atoms with Crippen molar-refractivity contribution in [2.24, 2.45) is 0 Å². The SMILES string of the molecule is O=C(/C=C/c1ccccc1)OCc1ccccc1[N+](=O)[O-]. The average Bonchev–Trinajstić information content (AvgIpc) is 2.52. The molecule has 0 amide bonds. The van der Waals surface area contributed by atoms with Crippen LogP contribution in [-0.2, 0) is 16.1 Å². The van der Waals surface area contributed by atoms with Gasteiger partial charge in [-0.15, -0.1) is 0 Å². The first-order chi connectivity index (χ1) is 10.2. The van der Waals surface area contributed by atoms with Crippen LogP contribution in [0.1, 0.15) is 11.1 Å². The minimum Gasteiger partial charge on any atom is -0.457 e. The number of ether oxygens (including phenoxy) is 1. The third-order valence-corrected chi connectivity index (χ3v) is 2.77. The van der Waals surface area contributed by atoms with E-state index in [0.717, 1.165) is 5.56 Å². The monoisotopic (exact) mass is 283 g/mol. The lowest BCUT2D eigenvalue weighted by Crippen LogP contribution is -2.03. The number of nitro groups is 1. The van der Waals surface area contributed by atoms with E-state index in [2.05, 4.69) is 0 Å². The highest BCUT2D eigenvalue weighted by atomic mass is 16.6. The molecule has 0 heterocycles. The van der Waals surface area contributed by atoms with Gasteiger partial charge in [0, 0.05) is 12.1 Å². The Labute approximate surface area is 121 Å².